The molecule has 0 bridgehead atoms. The van der Waals surface area contributed by atoms with E-state index in [9.17, 15) is 31.1 Å². The van der Waals surface area contributed by atoms with E-state index in [2.05, 4.69) is 8.25 Å². The van der Waals surface area contributed by atoms with Crippen LogP contribution in [0.5, 0.6) is 0 Å². The number of aliphatic hydroxyl groups excluding tert-OH is 1. The molecule has 0 aromatic carbocycles. The van der Waals surface area contributed by atoms with Gasteiger partial charge in [-0.2, -0.15) is 0 Å². The maximum atomic E-state index is 10.5. The van der Waals surface area contributed by atoms with E-state index in [-0.39, 0.29) is 0 Å². The molecule has 0 aliphatic rings. The fraction of sp³-hybridized carbons (Fsp3) is 0.667. The van der Waals surface area contributed by atoms with Gasteiger partial charge in [0, 0.05) is 0 Å². The minimum absolute atomic E-state index is 1.32. The van der Waals surface area contributed by atoms with Crippen molar-refractivity contribution in [3.8, 4) is 0 Å². The summed E-state index contributed by atoms with van der Waals surface area (Å²) < 4.78 is 46.2. The molecule has 0 rings (SSSR count). The zero-order valence-electron chi connectivity index (χ0n) is 6.80. The Morgan fingerprint density at radius 3 is 2.27 bits per heavy atom. The summed E-state index contributed by atoms with van der Waals surface area (Å²) in [7, 11) is -5.40. The van der Waals surface area contributed by atoms with Gasteiger partial charge < -0.3 is 0 Å². The van der Waals surface area contributed by atoms with Crippen molar-refractivity contribution in [1.29, 1.82) is 0 Å². The summed E-state index contributed by atoms with van der Waals surface area (Å²) in [6.07, 6.45) is -2.35. The second kappa shape index (κ2) is 5.24. The first-order valence-electron chi connectivity index (χ1n) is 3.11. The van der Waals surface area contributed by atoms with Crippen LogP contribution in [0.15, 0.2) is 0 Å². The molecule has 0 spiro atoms. The van der Waals surface area contributed by atoms with E-state index >= 15 is 0 Å². The van der Waals surface area contributed by atoms with Crippen LogP contribution in [0, 0.1) is 0 Å². The minimum atomic E-state index is -6.22. The summed E-state index contributed by atoms with van der Waals surface area (Å²) in [4.78, 5) is 30.2. The molecular formula is C3H4AsO10P-4. The van der Waals surface area contributed by atoms with E-state index in [1.54, 1.807) is 0 Å². The Morgan fingerprint density at radius 1 is 1.47 bits per heavy atom. The van der Waals surface area contributed by atoms with Gasteiger partial charge in [-0.05, 0) is 0 Å². The van der Waals surface area contributed by atoms with Gasteiger partial charge in [0.25, 0.3) is 0 Å². The zero-order chi connectivity index (χ0) is 12.3. The number of aliphatic hydroxyl groups is 1. The Kier molecular flexibility index (Phi) is 5.18. The van der Waals surface area contributed by atoms with Crippen molar-refractivity contribution in [2.24, 2.45) is 0 Å². The molecule has 0 saturated heterocycles. The monoisotopic (exact) mass is 306 g/mol. The number of hydrogen-bond acceptors (Lipinski definition) is 10. The number of carbonyl (C=O) groups excluding carboxylic acids is 1. The standard InChI is InChI=1S/C3H8AsO10P/c5-2(1-13-15(10,11)12)3(6)14-4(7,8)9/h2,5H,1H2,(H2,7,8,9)(H2,10,11,12)/p-4/t2-/m1/s1. The molecule has 0 saturated carbocycles. The van der Waals surface area contributed by atoms with Crippen LogP contribution in [0.3, 0.4) is 0 Å². The molecule has 0 fully saturated rings. The van der Waals surface area contributed by atoms with Gasteiger partial charge in [-0.1, -0.05) is 0 Å². The Labute approximate surface area is 86.0 Å². The molecule has 90 valence electrons. The van der Waals surface area contributed by atoms with Crippen LogP contribution >= 0.6 is 7.82 Å². The normalized spacial score (nSPS) is 14.7. The fourth-order valence-electron chi connectivity index (χ4n) is 0.401. The van der Waals surface area contributed by atoms with Crippen molar-refractivity contribution in [2.45, 2.75) is 6.10 Å². The van der Waals surface area contributed by atoms with Crippen LogP contribution in [-0.4, -0.2) is 38.3 Å². The van der Waals surface area contributed by atoms with E-state index in [4.69, 9.17) is 5.11 Å². The van der Waals surface area contributed by atoms with E-state index < -0.39 is 41.0 Å². The molecule has 0 aromatic rings. The molecule has 15 heavy (non-hydrogen) atoms. The maximum absolute atomic E-state index is 10.5. The molecule has 1 atom stereocenters. The Balaban J connectivity index is 4.12. The van der Waals surface area contributed by atoms with Gasteiger partial charge >= 0.3 is 85.5 Å². The van der Waals surface area contributed by atoms with Crippen LogP contribution in [0.4, 0.5) is 0 Å². The SMILES string of the molecule is O=C(O[As](=O)([O-])[O-])[C@H](O)COP(=O)([O-])[O-]. The van der Waals surface area contributed by atoms with E-state index in [0.717, 1.165) is 0 Å². The van der Waals surface area contributed by atoms with Crippen LogP contribution in [0.1, 0.15) is 0 Å². The van der Waals surface area contributed by atoms with Gasteiger partial charge in [-0.25, -0.2) is 0 Å². The van der Waals surface area contributed by atoms with Gasteiger partial charge in [-0.15, -0.1) is 0 Å². The molecule has 0 radical (unpaired) electrons. The molecule has 0 aromatic heterocycles. The van der Waals surface area contributed by atoms with E-state index in [1.165, 1.54) is 0 Å². The third kappa shape index (κ3) is 8.79. The van der Waals surface area contributed by atoms with Crippen LogP contribution in [0.2, 0.25) is 0 Å². The molecule has 0 aliphatic heterocycles. The van der Waals surface area contributed by atoms with Gasteiger partial charge in [-0.3, -0.25) is 0 Å². The summed E-state index contributed by atoms with van der Waals surface area (Å²) in [5.74, 6) is -1.91. The topological polar surface area (TPSA) is 182 Å². The van der Waals surface area contributed by atoms with Gasteiger partial charge in [0.2, 0.25) is 0 Å². The zero-order valence-corrected chi connectivity index (χ0v) is 9.57. The van der Waals surface area contributed by atoms with Crippen LogP contribution < -0.4 is 18.0 Å². The number of hydrogen-bond donors (Lipinski definition) is 1. The first-order valence-corrected chi connectivity index (χ1v) is 7.64. The Morgan fingerprint density at radius 2 is 1.93 bits per heavy atom. The summed E-state index contributed by atoms with van der Waals surface area (Å²) >= 11 is -6.22. The fourth-order valence-corrected chi connectivity index (χ4v) is 1.44. The Bertz CT molecular complexity index is 313. The van der Waals surface area contributed by atoms with Crippen molar-refractivity contribution in [3.05, 3.63) is 0 Å². The average Bonchev–Trinajstić information content (AvgIpc) is 1.95. The van der Waals surface area contributed by atoms with Crippen molar-refractivity contribution in [3.63, 3.8) is 0 Å². The van der Waals surface area contributed by atoms with E-state index in [1.807, 2.05) is 0 Å². The molecular weight excluding hydrogens is 302 g/mol. The second-order valence-electron chi connectivity index (χ2n) is 2.12. The quantitative estimate of drug-likeness (QED) is 0.379. The number of carbonyl (C=O) groups is 1. The summed E-state index contributed by atoms with van der Waals surface area (Å²) in [5.41, 5.74) is 0. The summed E-state index contributed by atoms with van der Waals surface area (Å²) in [6.45, 7) is -1.32. The van der Waals surface area contributed by atoms with Gasteiger partial charge in [0.1, 0.15) is 0 Å². The summed E-state index contributed by atoms with van der Waals surface area (Å²) in [6, 6.07) is 0. The van der Waals surface area contributed by atoms with Crippen molar-refractivity contribution < 1.29 is 44.4 Å². The van der Waals surface area contributed by atoms with Crippen molar-refractivity contribution in [1.82, 2.24) is 0 Å². The molecule has 0 heterocycles. The van der Waals surface area contributed by atoms with Gasteiger partial charge in [0.15, 0.2) is 0 Å². The molecule has 1 N–H and O–H groups in total. The van der Waals surface area contributed by atoms with Crippen LogP contribution in [-0.2, 0) is 21.3 Å². The summed E-state index contributed by atoms with van der Waals surface area (Å²) in [5, 5.41) is 8.66. The molecule has 0 aliphatic carbocycles. The van der Waals surface area contributed by atoms with Crippen LogP contribution in [0.25, 0.3) is 0 Å². The second-order valence-corrected chi connectivity index (χ2v) is 5.53. The molecule has 12 heteroatoms. The predicted octanol–water partition coefficient (Wildman–Crippen LogP) is -5.68. The predicted molar refractivity (Wildman–Crippen MR) is 32.1 cm³/mol. The third-order valence-electron chi connectivity index (χ3n) is 0.864. The number of phosphoric ester groups is 1. The van der Waals surface area contributed by atoms with Crippen molar-refractivity contribution >= 4 is 28.3 Å². The Hall–Kier alpha value is -0.182. The third-order valence-corrected chi connectivity index (χ3v) is 2.18. The van der Waals surface area contributed by atoms with Gasteiger partial charge in [0.05, 0.1) is 0 Å². The first-order chi connectivity index (χ1) is 6.51. The molecule has 0 amide bonds. The first kappa shape index (κ1) is 14.8. The average molecular weight is 306 g/mol. The van der Waals surface area contributed by atoms with Crippen molar-refractivity contribution in [2.75, 3.05) is 6.61 Å². The molecule has 10 nitrogen and oxygen atoms in total. The number of phosphoric acid groups is 1. The molecule has 0 unspecified atom stereocenters. The number of rotatable bonds is 5. The van der Waals surface area contributed by atoms with E-state index in [0.29, 0.717) is 0 Å².